The van der Waals surface area contributed by atoms with E-state index in [1.54, 1.807) is 19.2 Å². The number of carbonyl (C=O) groups excluding carboxylic acids is 1. The molecule has 0 spiro atoms. The first-order valence-corrected chi connectivity index (χ1v) is 6.56. The molecule has 0 radical (unpaired) electrons. The van der Waals surface area contributed by atoms with Gasteiger partial charge in [0, 0.05) is 10.7 Å². The number of carboxylic acid groups (broad SMARTS) is 1. The van der Waals surface area contributed by atoms with E-state index in [1.807, 2.05) is 6.07 Å². The highest BCUT2D eigenvalue weighted by molar-refractivity contribution is 9.10. The van der Waals surface area contributed by atoms with Gasteiger partial charge in [0.2, 0.25) is 0 Å². The lowest BCUT2D eigenvalue weighted by Crippen LogP contribution is -2.54. The summed E-state index contributed by atoms with van der Waals surface area (Å²) in [7, 11) is 0. The van der Waals surface area contributed by atoms with Gasteiger partial charge in [-0.15, -0.1) is 0 Å². The number of hydrogen-bond donors (Lipinski definition) is 3. The van der Waals surface area contributed by atoms with Gasteiger partial charge in [-0.1, -0.05) is 6.92 Å². The zero-order valence-electron chi connectivity index (χ0n) is 10.7. The number of nitrogens with one attached hydrogen (secondary N) is 2. The lowest BCUT2D eigenvalue weighted by Gasteiger charge is -2.24. The van der Waals surface area contributed by atoms with Gasteiger partial charge in [-0.05, 0) is 41.4 Å². The first kappa shape index (κ1) is 15.4. The van der Waals surface area contributed by atoms with Gasteiger partial charge in [0.25, 0.3) is 0 Å². The van der Waals surface area contributed by atoms with Crippen molar-refractivity contribution in [2.24, 2.45) is 0 Å². The fourth-order valence-electron chi connectivity index (χ4n) is 1.27. The van der Waals surface area contributed by atoms with Crippen LogP contribution in [0.1, 0.15) is 26.0 Å². The summed E-state index contributed by atoms with van der Waals surface area (Å²) in [5.41, 5.74) is -0.580. The number of carboxylic acids is 1. The smallest absolute Gasteiger partial charge is 0.329 e. The lowest BCUT2D eigenvalue weighted by molar-refractivity contribution is -0.143. The van der Waals surface area contributed by atoms with Gasteiger partial charge in [-0.3, -0.25) is 4.98 Å². The highest BCUT2D eigenvalue weighted by Crippen LogP contribution is 2.09. The maximum absolute atomic E-state index is 11.6. The summed E-state index contributed by atoms with van der Waals surface area (Å²) in [6.07, 6.45) is 1.93. The molecule has 2 amide bonds. The maximum Gasteiger partial charge on any atom is 0.329 e. The van der Waals surface area contributed by atoms with Gasteiger partial charge in [-0.2, -0.15) is 0 Å². The molecule has 7 heteroatoms. The minimum absolute atomic E-state index is 0.235. The summed E-state index contributed by atoms with van der Waals surface area (Å²) >= 11 is 3.26. The number of urea groups is 1. The Morgan fingerprint density at radius 3 is 2.63 bits per heavy atom. The van der Waals surface area contributed by atoms with E-state index >= 15 is 0 Å². The molecule has 1 rings (SSSR count). The first-order chi connectivity index (χ1) is 8.87. The largest absolute Gasteiger partial charge is 0.480 e. The van der Waals surface area contributed by atoms with E-state index in [1.165, 1.54) is 6.92 Å². The second-order valence-corrected chi connectivity index (χ2v) is 5.18. The molecule has 0 aliphatic heterocycles. The van der Waals surface area contributed by atoms with Crippen LogP contribution in [0.5, 0.6) is 0 Å². The van der Waals surface area contributed by atoms with Gasteiger partial charge in [-0.25, -0.2) is 9.59 Å². The molecule has 6 nitrogen and oxygen atoms in total. The van der Waals surface area contributed by atoms with Crippen LogP contribution < -0.4 is 10.6 Å². The number of halogens is 1. The second-order valence-electron chi connectivity index (χ2n) is 4.27. The van der Waals surface area contributed by atoms with Crippen molar-refractivity contribution in [1.29, 1.82) is 0 Å². The van der Waals surface area contributed by atoms with Crippen molar-refractivity contribution >= 4 is 27.9 Å². The van der Waals surface area contributed by atoms with Crippen LogP contribution in [0.15, 0.2) is 22.8 Å². The van der Waals surface area contributed by atoms with E-state index in [0.29, 0.717) is 12.1 Å². The van der Waals surface area contributed by atoms with Gasteiger partial charge in [0.05, 0.1) is 12.2 Å². The molecule has 1 atom stereocenters. The van der Waals surface area contributed by atoms with Gasteiger partial charge < -0.3 is 15.7 Å². The van der Waals surface area contributed by atoms with Gasteiger partial charge >= 0.3 is 12.0 Å². The molecule has 104 valence electrons. The van der Waals surface area contributed by atoms with Crippen molar-refractivity contribution in [2.75, 3.05) is 0 Å². The molecule has 0 bridgehead atoms. The Morgan fingerprint density at radius 1 is 1.47 bits per heavy atom. The van der Waals surface area contributed by atoms with Crippen molar-refractivity contribution < 1.29 is 14.7 Å². The van der Waals surface area contributed by atoms with Crippen molar-refractivity contribution in [3.8, 4) is 0 Å². The third-order valence-corrected chi connectivity index (χ3v) is 3.26. The molecular weight excluding hydrogens is 314 g/mol. The molecule has 0 fully saturated rings. The average Bonchev–Trinajstić information content (AvgIpc) is 2.37. The SMILES string of the molecule is CCC(C)(NC(=O)NCc1ccc(Br)cn1)C(=O)O. The van der Waals surface area contributed by atoms with Gasteiger partial charge in [0.1, 0.15) is 5.54 Å². The predicted octanol–water partition coefficient (Wildman–Crippen LogP) is 1.90. The van der Waals surface area contributed by atoms with E-state index in [4.69, 9.17) is 5.11 Å². The maximum atomic E-state index is 11.6. The van der Waals surface area contributed by atoms with Crippen LogP contribution in [0.4, 0.5) is 4.79 Å². The number of nitrogens with zero attached hydrogens (tertiary/aromatic N) is 1. The first-order valence-electron chi connectivity index (χ1n) is 5.77. The number of hydrogen-bond acceptors (Lipinski definition) is 3. The predicted molar refractivity (Wildman–Crippen MR) is 73.6 cm³/mol. The van der Waals surface area contributed by atoms with Crippen LogP contribution in [-0.4, -0.2) is 27.6 Å². The van der Waals surface area contributed by atoms with E-state index in [0.717, 1.165) is 4.47 Å². The highest BCUT2D eigenvalue weighted by Gasteiger charge is 2.32. The molecule has 0 saturated carbocycles. The number of carbonyl (C=O) groups is 2. The van der Waals surface area contributed by atoms with E-state index < -0.39 is 17.5 Å². The number of aromatic nitrogens is 1. The fourth-order valence-corrected chi connectivity index (χ4v) is 1.50. The average molecular weight is 330 g/mol. The van der Waals surface area contributed by atoms with E-state index in [-0.39, 0.29) is 6.54 Å². The Morgan fingerprint density at radius 2 is 2.16 bits per heavy atom. The van der Waals surface area contributed by atoms with Crippen LogP contribution in [-0.2, 0) is 11.3 Å². The van der Waals surface area contributed by atoms with Crippen LogP contribution in [0, 0.1) is 0 Å². The number of rotatable bonds is 5. The Hall–Kier alpha value is -1.63. The van der Waals surface area contributed by atoms with E-state index in [2.05, 4.69) is 31.5 Å². The minimum atomic E-state index is -1.27. The van der Waals surface area contributed by atoms with Crippen molar-refractivity contribution in [3.05, 3.63) is 28.5 Å². The molecule has 1 aromatic rings. The topological polar surface area (TPSA) is 91.3 Å². The van der Waals surface area contributed by atoms with Crippen molar-refractivity contribution in [1.82, 2.24) is 15.6 Å². The number of pyridine rings is 1. The van der Waals surface area contributed by atoms with E-state index in [9.17, 15) is 9.59 Å². The Kier molecular flexibility index (Phi) is 5.29. The molecule has 3 N–H and O–H groups in total. The summed E-state index contributed by atoms with van der Waals surface area (Å²) in [5.74, 6) is -1.06. The molecular formula is C12H16BrN3O3. The highest BCUT2D eigenvalue weighted by atomic mass is 79.9. The zero-order valence-corrected chi connectivity index (χ0v) is 12.3. The molecule has 0 aliphatic rings. The van der Waals surface area contributed by atoms with Crippen LogP contribution >= 0.6 is 15.9 Å². The standard InChI is InChI=1S/C12H16BrN3O3/c1-3-12(2,10(17)18)16-11(19)15-7-9-5-4-8(13)6-14-9/h4-6H,3,7H2,1-2H3,(H,17,18)(H2,15,16,19). The summed E-state index contributed by atoms with van der Waals surface area (Å²) in [6.45, 7) is 3.40. The summed E-state index contributed by atoms with van der Waals surface area (Å²) in [6, 6.07) is 3.05. The van der Waals surface area contributed by atoms with Crippen molar-refractivity contribution in [3.63, 3.8) is 0 Å². The monoisotopic (exact) mass is 329 g/mol. The lowest BCUT2D eigenvalue weighted by atomic mass is 10.00. The third kappa shape index (κ3) is 4.51. The second kappa shape index (κ2) is 6.51. The van der Waals surface area contributed by atoms with Crippen LogP contribution in [0.25, 0.3) is 0 Å². The van der Waals surface area contributed by atoms with Crippen LogP contribution in [0.3, 0.4) is 0 Å². The van der Waals surface area contributed by atoms with Crippen molar-refractivity contribution in [2.45, 2.75) is 32.4 Å². The Bertz CT molecular complexity index is 464. The molecule has 0 aliphatic carbocycles. The Labute approximate surface area is 119 Å². The molecule has 0 saturated heterocycles. The van der Waals surface area contributed by atoms with Gasteiger partial charge in [0.15, 0.2) is 0 Å². The fraction of sp³-hybridized carbons (Fsp3) is 0.417. The molecule has 0 aromatic carbocycles. The summed E-state index contributed by atoms with van der Waals surface area (Å²) in [5, 5.41) is 14.0. The molecule has 19 heavy (non-hydrogen) atoms. The summed E-state index contributed by atoms with van der Waals surface area (Å²) < 4.78 is 0.852. The van der Waals surface area contributed by atoms with Crippen LogP contribution in [0.2, 0.25) is 0 Å². The number of amides is 2. The Balaban J connectivity index is 2.52. The molecule has 1 unspecified atom stereocenters. The third-order valence-electron chi connectivity index (χ3n) is 2.79. The number of aliphatic carboxylic acids is 1. The molecule has 1 heterocycles. The quantitative estimate of drug-likeness (QED) is 0.769. The zero-order chi connectivity index (χ0) is 14.5. The normalized spacial score (nSPS) is 13.4. The molecule has 1 aromatic heterocycles. The summed E-state index contributed by atoms with van der Waals surface area (Å²) in [4.78, 5) is 26.8. The minimum Gasteiger partial charge on any atom is -0.480 e.